The molecule has 12 N–H and O–H groups in total. The van der Waals surface area contributed by atoms with E-state index < -0.39 is 83.3 Å². The highest BCUT2D eigenvalue weighted by molar-refractivity contribution is 6.01. The number of carbonyl (C=O) groups excluding carboxylic acids is 9. The summed E-state index contributed by atoms with van der Waals surface area (Å²) in [7, 11) is 1.79. The van der Waals surface area contributed by atoms with E-state index in [0.717, 1.165) is 6.54 Å². The molecule has 0 aliphatic carbocycles. The number of para-hydroxylation sites is 1. The topological polar surface area (TPSA) is 416 Å². The van der Waals surface area contributed by atoms with Crippen LogP contribution >= 0.6 is 0 Å². The molecular weight excluding hydrogens is 1310 g/mol. The Morgan fingerprint density at radius 2 is 1.42 bits per heavy atom. The maximum Gasteiger partial charge on any atom is 0.415 e. The quantitative estimate of drug-likeness (QED) is 0.0275. The zero-order chi connectivity index (χ0) is 73.3. The molecule has 4 heterocycles. The van der Waals surface area contributed by atoms with Gasteiger partial charge in [0.25, 0.3) is 5.91 Å². The van der Waals surface area contributed by atoms with Gasteiger partial charge in [0.15, 0.2) is 11.5 Å². The molecule has 5 aromatic rings. The lowest BCUT2D eigenvalue weighted by Gasteiger charge is -2.43. The van der Waals surface area contributed by atoms with Crippen LogP contribution in [0, 0.1) is 5.92 Å². The lowest BCUT2D eigenvalue weighted by Crippen LogP contribution is -2.55. The Morgan fingerprint density at radius 1 is 0.755 bits per heavy atom. The lowest BCUT2D eigenvalue weighted by molar-refractivity contribution is -0.140. The van der Waals surface area contributed by atoms with Gasteiger partial charge >= 0.3 is 23.7 Å². The zero-order valence-corrected chi connectivity index (χ0v) is 57.4. The summed E-state index contributed by atoms with van der Waals surface area (Å²) in [6.07, 6.45) is 0.723. The number of hydrogen-bond acceptors (Lipinski definition) is 19. The fraction of sp³-hybridized carbons (Fsp3) is 0.352. The van der Waals surface area contributed by atoms with E-state index in [0.29, 0.717) is 82.8 Å². The molecule has 4 aliphatic heterocycles. The predicted octanol–water partition coefficient (Wildman–Crippen LogP) is 5.83. The lowest BCUT2D eigenvalue weighted by atomic mass is 9.90. The van der Waals surface area contributed by atoms with Crippen LogP contribution in [-0.2, 0) is 51.5 Å². The number of nitrogen functional groups attached to an aromatic ring is 1. The van der Waals surface area contributed by atoms with Crippen molar-refractivity contribution >= 4 is 99.5 Å². The highest BCUT2D eigenvalue weighted by Crippen LogP contribution is 2.43. The highest BCUT2D eigenvalue weighted by Gasteiger charge is 2.39. The maximum absolute atomic E-state index is 14.6. The Balaban J connectivity index is 0.740. The third-order valence-electron chi connectivity index (χ3n) is 17.2. The standard InChI is InChI=1S/C71H83N17O14/c1-8-59(91)87-41(4)35-56(53-11-9-10-12-55(53)87)88(51-25-21-47(22-26-51)77-58(90)38-75-70(99)80-49-23-27-52(28-24-49)101-34-33-86-32-31-85(7)67(96)43(86)6)71(100)102-39-44-13-17-48(18-14-44)79-63(92)42(5)76-65(94)60(40(2)3)82-57(89)30-29-54(68(97)98)81-64(93)45-15-19-46(20-16-45)73-36-50-37-74-62-61(78-50)66(95)84-69(72)83-62/h9-28,37,40-43,54,56,60,73H,8,29-36,38-39H2,1-7H3,(H,76,94)(H,77,90)(H,79,92)(H,81,93)(H,82,89)(H,97,98)(H2,75,80,99)(H3,72,74,83,84,95)/t41-,42-,43+,54-,56+,60-/m0/s1. The van der Waals surface area contributed by atoms with Gasteiger partial charge in [-0.15, -0.1) is 0 Å². The van der Waals surface area contributed by atoms with Gasteiger partial charge < -0.3 is 77.6 Å². The number of amides is 10. The molecule has 31 heteroatoms. The van der Waals surface area contributed by atoms with Crippen LogP contribution < -0.4 is 68.4 Å². The van der Waals surface area contributed by atoms with E-state index in [9.17, 15) is 57.8 Å². The monoisotopic (exact) mass is 1400 g/mol. The summed E-state index contributed by atoms with van der Waals surface area (Å²) >= 11 is 0. The van der Waals surface area contributed by atoms with Crippen LogP contribution in [-0.4, -0.2) is 164 Å². The molecule has 0 spiro atoms. The molecule has 1 saturated heterocycles. The van der Waals surface area contributed by atoms with E-state index in [2.05, 4.69) is 67.4 Å². The largest absolute Gasteiger partial charge is 0.492 e. The molecule has 31 nitrogen and oxygen atoms in total. The number of anilines is 7. The second kappa shape index (κ2) is 34.2. The molecule has 6 atom stereocenters. The molecule has 0 unspecified atom stereocenters. The van der Waals surface area contributed by atoms with E-state index in [-0.39, 0.29) is 85.9 Å². The summed E-state index contributed by atoms with van der Waals surface area (Å²) < 4.78 is 11.9. The van der Waals surface area contributed by atoms with Gasteiger partial charge in [-0.25, -0.2) is 19.4 Å². The van der Waals surface area contributed by atoms with Crippen molar-refractivity contribution in [3.8, 4) is 17.3 Å². The van der Waals surface area contributed by atoms with Gasteiger partial charge in [-0.05, 0) is 142 Å². The Labute approximate surface area is 587 Å². The van der Waals surface area contributed by atoms with E-state index in [4.69, 9.17) is 15.2 Å². The molecule has 0 saturated carbocycles. The molecule has 5 aromatic carbocycles. The van der Waals surface area contributed by atoms with E-state index in [1.807, 2.05) is 38.1 Å². The normalized spacial score (nSPS) is 15.9. The maximum atomic E-state index is 14.6. The molecular formula is C71H83N17O14. The highest BCUT2D eigenvalue weighted by atomic mass is 16.6. The second-order valence-electron chi connectivity index (χ2n) is 25.0. The number of benzene rings is 5. The Kier molecular flexibility index (Phi) is 24.9. The molecule has 0 aromatic heterocycles. The Morgan fingerprint density at radius 3 is 2.12 bits per heavy atom. The third-order valence-corrected chi connectivity index (χ3v) is 17.2. The average molecular weight is 1400 g/mol. The van der Waals surface area contributed by atoms with Crippen LogP contribution in [0.1, 0.15) is 100 Å². The summed E-state index contributed by atoms with van der Waals surface area (Å²) in [5.41, 5.74) is 9.59. The van der Waals surface area contributed by atoms with Crippen LogP contribution in [0.4, 0.5) is 49.7 Å². The number of hydrogen-bond donors (Lipinski definition) is 11. The number of nitrogens with zero attached hydrogens (tertiary/aromatic N) is 7. The first-order valence-electron chi connectivity index (χ1n) is 33.2. The first-order valence-corrected chi connectivity index (χ1v) is 33.2. The number of aromatic nitrogens is 4. The average Bonchev–Trinajstić information content (AvgIpc) is 0.760. The number of piperazine rings is 1. The Bertz CT molecular complexity index is 4220. The number of carboxylic acid groups (broad SMARTS) is 1. The smallest absolute Gasteiger partial charge is 0.415 e. The molecule has 1 fully saturated rings. The van der Waals surface area contributed by atoms with Crippen LogP contribution in [0.25, 0.3) is 11.5 Å². The van der Waals surface area contributed by atoms with E-state index >= 15 is 0 Å². The number of ether oxygens (including phenoxy) is 2. The molecule has 102 heavy (non-hydrogen) atoms. The summed E-state index contributed by atoms with van der Waals surface area (Å²) in [5, 5.41) is 31.5. The van der Waals surface area contributed by atoms with Crippen molar-refractivity contribution in [1.29, 1.82) is 0 Å². The van der Waals surface area contributed by atoms with Gasteiger partial charge in [0.2, 0.25) is 41.4 Å². The van der Waals surface area contributed by atoms with Crippen LogP contribution in [0.15, 0.2) is 132 Å². The van der Waals surface area contributed by atoms with Crippen molar-refractivity contribution < 1.29 is 62.5 Å². The number of carboxylic acids is 1. The van der Waals surface area contributed by atoms with Crippen LogP contribution in [0.5, 0.6) is 5.75 Å². The summed E-state index contributed by atoms with van der Waals surface area (Å²) in [5.74, 6) is -4.48. The van der Waals surface area contributed by atoms with Crippen molar-refractivity contribution in [3.05, 3.63) is 160 Å². The number of fused-ring (bicyclic) bond motifs is 2. The van der Waals surface area contributed by atoms with Gasteiger partial charge in [0, 0.05) is 91.5 Å². The van der Waals surface area contributed by atoms with Gasteiger partial charge in [-0.3, -0.25) is 48.2 Å². The van der Waals surface area contributed by atoms with Crippen molar-refractivity contribution in [2.75, 3.05) is 76.6 Å². The summed E-state index contributed by atoms with van der Waals surface area (Å²) in [6, 6.07) is 27.7. The number of likely N-dealkylation sites (N-methyl/N-ethyl adjacent to an activating group) is 1. The number of rotatable bonds is 28. The Hall–Kier alpha value is -12.0. The summed E-state index contributed by atoms with van der Waals surface area (Å²) in [4.78, 5) is 166. The third kappa shape index (κ3) is 19.5. The minimum atomic E-state index is -1.47. The molecule has 4 aliphatic rings. The first kappa shape index (κ1) is 74.2. The fourth-order valence-corrected chi connectivity index (χ4v) is 11.6. The number of carbonyl (C=O) groups is 10. The number of aromatic amines is 1. The van der Waals surface area contributed by atoms with Gasteiger partial charge in [-0.1, -0.05) is 51.1 Å². The number of urea groups is 1. The minimum absolute atomic E-state index is 0.0114. The molecule has 10 amide bonds. The SMILES string of the molecule is CCC(=O)N1c2ccccc2[C@H](N(C(=O)OCc2ccc(NC(=O)[C@H](C)NC(=O)[C@@H](NC(=O)CC[C@H](NC(=O)c3ccc(NCc4c[nH]c5nc(N)nc(=O)c-5n4)cc3)C(=O)O)C(C)C)cc2)c2ccc(NC(=O)CNC(=O)Nc3ccc(OCCN4CCN(C)C(=O)[C@H]4C)cc3)cc2)C[C@@H]1C. The van der Waals surface area contributed by atoms with Crippen LogP contribution in [0.3, 0.4) is 0 Å². The number of aliphatic carboxylic acids is 1. The fourth-order valence-electron chi connectivity index (χ4n) is 11.6. The van der Waals surface area contributed by atoms with Crippen molar-refractivity contribution in [2.24, 2.45) is 5.92 Å². The van der Waals surface area contributed by atoms with Crippen molar-refractivity contribution in [1.82, 2.24) is 51.0 Å². The number of nitrogens with two attached hydrogens (primary N) is 1. The number of H-pyrrole nitrogens is 1. The van der Waals surface area contributed by atoms with Crippen LogP contribution in [0.2, 0.25) is 0 Å². The second-order valence-corrected chi connectivity index (χ2v) is 25.0. The van der Waals surface area contributed by atoms with E-state index in [1.54, 1.807) is 129 Å². The first-order chi connectivity index (χ1) is 48.8. The molecule has 0 bridgehead atoms. The minimum Gasteiger partial charge on any atom is -0.492 e. The van der Waals surface area contributed by atoms with Crippen molar-refractivity contribution in [2.45, 2.75) is 117 Å². The van der Waals surface area contributed by atoms with Crippen molar-refractivity contribution in [3.63, 3.8) is 0 Å². The number of nitrogens with one attached hydrogen (secondary N) is 9. The molecule has 536 valence electrons. The van der Waals surface area contributed by atoms with Gasteiger partial charge in [-0.2, -0.15) is 9.97 Å². The summed E-state index contributed by atoms with van der Waals surface area (Å²) in [6.45, 7) is 12.4. The van der Waals surface area contributed by atoms with Gasteiger partial charge in [0.1, 0.15) is 37.1 Å². The zero-order valence-electron chi connectivity index (χ0n) is 57.4. The predicted molar refractivity (Wildman–Crippen MR) is 379 cm³/mol. The van der Waals surface area contributed by atoms with Gasteiger partial charge in [0.05, 0.1) is 30.9 Å². The molecule has 9 rings (SSSR count). The van der Waals surface area contributed by atoms with E-state index in [1.165, 1.54) is 24.0 Å². The molecule has 0 radical (unpaired) electrons.